The van der Waals surface area contributed by atoms with Crippen LogP contribution in [0.2, 0.25) is 0 Å². The van der Waals surface area contributed by atoms with E-state index in [4.69, 9.17) is 0 Å². The third kappa shape index (κ3) is 3.38. The lowest BCUT2D eigenvalue weighted by Gasteiger charge is -2.09. The van der Waals surface area contributed by atoms with Crippen LogP contribution in [0.1, 0.15) is 10.4 Å². The molecule has 8 heteroatoms. The number of nitrogens with one attached hydrogen (secondary N) is 2. The van der Waals surface area contributed by atoms with Crippen molar-refractivity contribution in [2.45, 2.75) is 18.4 Å². The Morgan fingerprint density at radius 3 is 2.85 bits per heavy atom. The average molecular weight is 376 g/mol. The highest BCUT2D eigenvalue weighted by Crippen LogP contribution is 2.25. The number of hydrogen-bond acceptors (Lipinski definition) is 5. The van der Waals surface area contributed by atoms with Crippen molar-refractivity contribution in [1.82, 2.24) is 10.3 Å². The molecule has 0 aliphatic carbocycles. The van der Waals surface area contributed by atoms with E-state index in [0.29, 0.717) is 17.3 Å². The molecule has 2 aromatic heterocycles. The van der Waals surface area contributed by atoms with Gasteiger partial charge in [0.1, 0.15) is 10.7 Å². The highest BCUT2D eigenvalue weighted by Gasteiger charge is 2.20. The average Bonchev–Trinajstić information content (AvgIpc) is 2.83. The molecule has 20 heavy (non-hydrogen) atoms. The first-order chi connectivity index (χ1) is 9.44. The van der Waals surface area contributed by atoms with E-state index < -0.39 is 10.0 Å². The van der Waals surface area contributed by atoms with Gasteiger partial charge in [-0.3, -0.25) is 4.72 Å². The molecule has 0 unspecified atom stereocenters. The molecule has 0 bridgehead atoms. The monoisotopic (exact) mass is 375 g/mol. The van der Waals surface area contributed by atoms with Gasteiger partial charge < -0.3 is 5.32 Å². The maximum atomic E-state index is 12.4. The minimum absolute atomic E-state index is 0.291. The molecule has 0 saturated carbocycles. The molecule has 2 N–H and O–H groups in total. The van der Waals surface area contributed by atoms with Gasteiger partial charge in [0.25, 0.3) is 10.0 Å². The van der Waals surface area contributed by atoms with Gasteiger partial charge >= 0.3 is 0 Å². The topological polar surface area (TPSA) is 71.1 Å². The van der Waals surface area contributed by atoms with Crippen molar-refractivity contribution in [3.05, 3.63) is 38.6 Å². The highest BCUT2D eigenvalue weighted by molar-refractivity contribution is 9.10. The number of nitrogens with zero attached hydrogens (tertiary/aromatic N) is 1. The van der Waals surface area contributed by atoms with Gasteiger partial charge in [0.2, 0.25) is 0 Å². The quantitative estimate of drug-likeness (QED) is 0.842. The number of anilines is 1. The van der Waals surface area contributed by atoms with Crippen LogP contribution >= 0.6 is 27.3 Å². The van der Waals surface area contributed by atoms with Crippen molar-refractivity contribution in [3.63, 3.8) is 0 Å². The molecule has 0 amide bonds. The summed E-state index contributed by atoms with van der Waals surface area (Å²) in [7, 11) is -1.83. The third-order valence-electron chi connectivity index (χ3n) is 2.62. The number of thiophene rings is 1. The van der Waals surface area contributed by atoms with Crippen LogP contribution in [-0.2, 0) is 16.6 Å². The highest BCUT2D eigenvalue weighted by atomic mass is 79.9. The number of rotatable bonds is 5. The summed E-state index contributed by atoms with van der Waals surface area (Å²) in [5.74, 6) is 0.312. The third-order valence-corrected chi connectivity index (χ3v) is 5.94. The molecule has 0 fully saturated rings. The molecule has 0 spiro atoms. The molecule has 2 rings (SSSR count). The first kappa shape index (κ1) is 15.4. The minimum Gasteiger partial charge on any atom is -0.315 e. The fraction of sp³-hybridized carbons (Fsp3) is 0.250. The fourth-order valence-electron chi connectivity index (χ4n) is 1.65. The van der Waals surface area contributed by atoms with Crippen molar-refractivity contribution < 1.29 is 8.42 Å². The number of aryl methyl sites for hydroxylation is 1. The summed E-state index contributed by atoms with van der Waals surface area (Å²) < 4.78 is 28.1. The van der Waals surface area contributed by atoms with Gasteiger partial charge in [-0.1, -0.05) is 0 Å². The molecule has 0 aliphatic rings. The summed E-state index contributed by atoms with van der Waals surface area (Å²) in [6.07, 6.45) is 1.58. The van der Waals surface area contributed by atoms with Gasteiger partial charge in [-0.25, -0.2) is 13.4 Å². The largest absolute Gasteiger partial charge is 0.315 e. The van der Waals surface area contributed by atoms with Crippen molar-refractivity contribution in [1.29, 1.82) is 0 Å². The van der Waals surface area contributed by atoms with E-state index in [2.05, 4.69) is 31.0 Å². The summed E-state index contributed by atoms with van der Waals surface area (Å²) in [4.78, 5) is 5.12. The van der Waals surface area contributed by atoms with Crippen LogP contribution in [0.25, 0.3) is 0 Å². The lowest BCUT2D eigenvalue weighted by molar-refractivity contribution is 0.600. The predicted molar refractivity (Wildman–Crippen MR) is 84.6 cm³/mol. The molecule has 0 atom stereocenters. The molecule has 5 nitrogen and oxygen atoms in total. The van der Waals surface area contributed by atoms with E-state index in [-0.39, 0.29) is 0 Å². The smallest absolute Gasteiger partial charge is 0.264 e. The Morgan fingerprint density at radius 1 is 1.45 bits per heavy atom. The summed E-state index contributed by atoms with van der Waals surface area (Å²) in [5.41, 5.74) is 0.915. The van der Waals surface area contributed by atoms with E-state index in [1.54, 1.807) is 30.8 Å². The Kier molecular flexibility index (Phi) is 4.79. The van der Waals surface area contributed by atoms with Gasteiger partial charge in [0, 0.05) is 22.1 Å². The van der Waals surface area contributed by atoms with Crippen molar-refractivity contribution in [3.8, 4) is 0 Å². The lowest BCUT2D eigenvalue weighted by Crippen LogP contribution is -2.16. The zero-order valence-electron chi connectivity index (χ0n) is 11.0. The van der Waals surface area contributed by atoms with Gasteiger partial charge in [-0.15, -0.1) is 11.3 Å². The second-order valence-corrected chi connectivity index (χ2v) is 7.67. The second kappa shape index (κ2) is 6.21. The van der Waals surface area contributed by atoms with Crippen LogP contribution in [0.3, 0.4) is 0 Å². The number of halogens is 1. The van der Waals surface area contributed by atoms with E-state index in [0.717, 1.165) is 14.9 Å². The van der Waals surface area contributed by atoms with Crippen LogP contribution < -0.4 is 10.0 Å². The Morgan fingerprint density at radius 2 is 2.20 bits per heavy atom. The Hall–Kier alpha value is -0.960. The first-order valence-corrected chi connectivity index (χ1v) is 8.95. The maximum Gasteiger partial charge on any atom is 0.264 e. The summed E-state index contributed by atoms with van der Waals surface area (Å²) in [5, 5.41) is 4.72. The predicted octanol–water partition coefficient (Wildman–Crippen LogP) is 2.73. The fourth-order valence-corrected chi connectivity index (χ4v) is 4.32. The van der Waals surface area contributed by atoms with E-state index >= 15 is 0 Å². The molecule has 108 valence electrons. The normalized spacial score (nSPS) is 11.6. The van der Waals surface area contributed by atoms with Crippen molar-refractivity contribution in [2.24, 2.45) is 0 Å². The Labute approximate surface area is 130 Å². The zero-order valence-corrected chi connectivity index (χ0v) is 14.2. The Balaban J connectivity index is 2.30. The molecule has 2 aromatic rings. The maximum absolute atomic E-state index is 12.4. The van der Waals surface area contributed by atoms with Crippen LogP contribution in [0.15, 0.2) is 33.1 Å². The summed E-state index contributed by atoms with van der Waals surface area (Å²) in [6, 6.07) is 3.29. The first-order valence-electron chi connectivity index (χ1n) is 5.80. The number of aromatic nitrogens is 1. The van der Waals surface area contributed by atoms with Gasteiger partial charge in [0.15, 0.2) is 0 Å². The zero-order chi connectivity index (χ0) is 14.8. The molecule has 0 aliphatic heterocycles. The van der Waals surface area contributed by atoms with Gasteiger partial charge in [-0.05, 0) is 53.0 Å². The standard InChI is InChI=1S/C12H14BrN3O2S2/c1-8-5-12(15-6-9(8)13)16-20(17,18)11-3-4-19-10(11)7-14-2/h3-6,14H,7H2,1-2H3,(H,15,16). The molecular formula is C12H14BrN3O2S2. The molecule has 0 saturated heterocycles. The lowest BCUT2D eigenvalue weighted by atomic mass is 10.3. The van der Waals surface area contributed by atoms with E-state index in [1.165, 1.54) is 11.3 Å². The number of sulfonamides is 1. The van der Waals surface area contributed by atoms with E-state index in [1.807, 2.05) is 6.92 Å². The summed E-state index contributed by atoms with van der Waals surface area (Å²) >= 11 is 4.74. The van der Waals surface area contributed by atoms with E-state index in [9.17, 15) is 8.42 Å². The second-order valence-electron chi connectivity index (χ2n) is 4.16. The molecular weight excluding hydrogens is 362 g/mol. The minimum atomic E-state index is -3.61. The Bertz CT molecular complexity index is 713. The SMILES string of the molecule is CNCc1sccc1S(=O)(=O)Nc1cc(C)c(Br)cn1. The van der Waals surface area contributed by atoms with Crippen LogP contribution in [0, 0.1) is 6.92 Å². The number of pyridine rings is 1. The van der Waals surface area contributed by atoms with Crippen LogP contribution in [0.5, 0.6) is 0 Å². The van der Waals surface area contributed by atoms with Gasteiger partial charge in [0.05, 0.1) is 0 Å². The number of hydrogen-bond donors (Lipinski definition) is 2. The van der Waals surface area contributed by atoms with Crippen LogP contribution in [-0.4, -0.2) is 20.4 Å². The van der Waals surface area contributed by atoms with Crippen molar-refractivity contribution >= 4 is 43.1 Å². The van der Waals surface area contributed by atoms with Gasteiger partial charge in [-0.2, -0.15) is 0 Å². The van der Waals surface area contributed by atoms with Crippen LogP contribution in [0.4, 0.5) is 5.82 Å². The summed E-state index contributed by atoms with van der Waals surface area (Å²) in [6.45, 7) is 2.39. The van der Waals surface area contributed by atoms with Crippen molar-refractivity contribution in [2.75, 3.05) is 11.8 Å². The molecule has 0 aromatic carbocycles. The molecule has 0 radical (unpaired) electrons. The molecule has 2 heterocycles.